The van der Waals surface area contributed by atoms with Crippen LogP contribution in [0.1, 0.15) is 59.2 Å². The molecule has 18 heteroatoms. The van der Waals surface area contributed by atoms with Crippen molar-refractivity contribution >= 4 is 40.5 Å². The van der Waals surface area contributed by atoms with Crippen molar-refractivity contribution in [3.05, 3.63) is 59.7 Å². The second-order valence-electron chi connectivity index (χ2n) is 12.1. The molecular formula is C32H38ClF5N6O6. The molecular weight excluding hydrogens is 695 g/mol. The Morgan fingerprint density at radius 3 is 1.62 bits per heavy atom. The van der Waals surface area contributed by atoms with Crippen molar-refractivity contribution in [2.75, 3.05) is 40.3 Å². The minimum Gasteiger partial charge on any atom is -0.475 e. The van der Waals surface area contributed by atoms with Crippen LogP contribution in [0.5, 0.6) is 0 Å². The predicted molar refractivity (Wildman–Crippen MR) is 169 cm³/mol. The summed E-state index contributed by atoms with van der Waals surface area (Å²) in [7, 11) is 3.71. The number of pyridine rings is 2. The molecule has 2 saturated heterocycles. The highest BCUT2D eigenvalue weighted by Gasteiger charge is 2.39. The highest BCUT2D eigenvalue weighted by atomic mass is 35.5. The zero-order chi connectivity index (χ0) is 37.2. The van der Waals surface area contributed by atoms with E-state index in [2.05, 4.69) is 15.3 Å². The number of rotatable bonds is 6. The number of carboxylic acids is 1. The number of nitrogens with zero attached hydrogens (tertiary/aromatic N) is 5. The number of halogens is 6. The molecule has 12 nitrogen and oxygen atoms in total. The van der Waals surface area contributed by atoms with E-state index in [0.717, 1.165) is 45.1 Å². The normalized spacial score (nSPS) is 19.5. The summed E-state index contributed by atoms with van der Waals surface area (Å²) in [5.41, 5.74) is 0.825. The summed E-state index contributed by atoms with van der Waals surface area (Å²) in [4.78, 5) is 67.4. The number of likely N-dealkylation sites (tertiary alicyclic amines) is 2. The second kappa shape index (κ2) is 18.1. The molecule has 2 atom stereocenters. The molecule has 0 bridgehead atoms. The average Bonchev–Trinajstić information content (AvgIpc) is 4.02. The van der Waals surface area contributed by atoms with Crippen LogP contribution >= 0.6 is 11.6 Å². The lowest BCUT2D eigenvalue weighted by Gasteiger charge is -2.25. The SMILES string of the molecule is CN(C(=O)C1CC1)[C@H]1CCN(C(=O)c2ccc(F)nc2)C1.CN[C@H]1CCN(C(=O)c2ccc(F)nc2)C1.O=C(Cl)C1CC1.O=C(O)C(F)(F)F. The van der Waals surface area contributed by atoms with Crippen LogP contribution in [0.2, 0.25) is 0 Å². The molecule has 274 valence electrons. The van der Waals surface area contributed by atoms with Gasteiger partial charge >= 0.3 is 12.1 Å². The van der Waals surface area contributed by atoms with Gasteiger partial charge in [-0.3, -0.25) is 19.2 Å². The lowest BCUT2D eigenvalue weighted by Crippen LogP contribution is -2.40. The van der Waals surface area contributed by atoms with Gasteiger partial charge in [0.05, 0.1) is 17.2 Å². The molecule has 0 spiro atoms. The van der Waals surface area contributed by atoms with Crippen LogP contribution in [-0.4, -0.2) is 117 Å². The van der Waals surface area contributed by atoms with Gasteiger partial charge in [-0.1, -0.05) is 0 Å². The minimum atomic E-state index is -5.08. The van der Waals surface area contributed by atoms with Gasteiger partial charge in [-0.05, 0) is 81.4 Å². The molecule has 3 amide bonds. The fraction of sp³-hybridized carbons (Fsp3) is 0.531. The number of carboxylic acid groups (broad SMARTS) is 1. The van der Waals surface area contributed by atoms with E-state index in [1.807, 2.05) is 14.1 Å². The molecule has 2 aliphatic heterocycles. The van der Waals surface area contributed by atoms with Gasteiger partial charge < -0.3 is 25.1 Å². The van der Waals surface area contributed by atoms with Gasteiger partial charge in [-0.25, -0.2) is 14.8 Å². The summed E-state index contributed by atoms with van der Waals surface area (Å²) in [5.74, 6) is -3.54. The summed E-state index contributed by atoms with van der Waals surface area (Å²) < 4.78 is 57.1. The highest BCUT2D eigenvalue weighted by molar-refractivity contribution is 6.64. The lowest BCUT2D eigenvalue weighted by molar-refractivity contribution is -0.192. The second-order valence-corrected chi connectivity index (χ2v) is 12.4. The van der Waals surface area contributed by atoms with E-state index in [1.54, 1.807) is 14.7 Å². The van der Waals surface area contributed by atoms with Crippen LogP contribution in [0.25, 0.3) is 0 Å². The summed E-state index contributed by atoms with van der Waals surface area (Å²) in [5, 5.41) is 10.1. The van der Waals surface area contributed by atoms with Crippen LogP contribution in [0.4, 0.5) is 22.0 Å². The fourth-order valence-corrected chi connectivity index (χ4v) is 5.12. The monoisotopic (exact) mass is 732 g/mol. The van der Waals surface area contributed by atoms with Crippen molar-refractivity contribution in [3.8, 4) is 0 Å². The van der Waals surface area contributed by atoms with Crippen molar-refractivity contribution in [1.29, 1.82) is 0 Å². The standard InChI is InChI=1S/C15H18FN3O2.C11H14FN3O.C4H5ClO.C2HF3O2/c1-18(14(20)10-2-3-10)12-6-7-19(9-12)15(21)11-4-5-13(16)17-8-11;1-13-9-4-5-15(7-9)11(16)8-2-3-10(12)14-6-8;5-4(6)3-1-2-3;3-2(4,5)1(6)7/h4-5,8,10,12H,2-3,6-7,9H2,1H3;2-3,6,9,13H,4-5,7H2,1H3;3H,1-2H2;(H,6,7)/t12-;9-;;/m00../s1. The minimum absolute atomic E-state index is 0.0785. The number of aliphatic carboxylic acids is 1. The maximum atomic E-state index is 12.8. The third-order valence-corrected chi connectivity index (χ3v) is 8.55. The summed E-state index contributed by atoms with van der Waals surface area (Å²) >= 11 is 5.04. The van der Waals surface area contributed by atoms with Crippen molar-refractivity contribution < 1.29 is 51.0 Å². The molecule has 4 aliphatic rings. The number of nitrogens with one attached hydrogen (secondary N) is 1. The smallest absolute Gasteiger partial charge is 0.475 e. The van der Waals surface area contributed by atoms with Gasteiger partial charge in [0.2, 0.25) is 23.0 Å². The molecule has 4 fully saturated rings. The Kier molecular flexibility index (Phi) is 14.6. The first-order valence-electron chi connectivity index (χ1n) is 15.8. The highest BCUT2D eigenvalue weighted by Crippen LogP contribution is 2.32. The topological polar surface area (TPSA) is 153 Å². The van der Waals surface area contributed by atoms with E-state index >= 15 is 0 Å². The number of hydrogen-bond donors (Lipinski definition) is 2. The van der Waals surface area contributed by atoms with Gasteiger partial charge in [-0.15, -0.1) is 0 Å². The van der Waals surface area contributed by atoms with Crippen LogP contribution in [0.15, 0.2) is 36.7 Å². The van der Waals surface area contributed by atoms with Gasteiger partial charge in [0.1, 0.15) is 0 Å². The van der Waals surface area contributed by atoms with Crippen molar-refractivity contribution in [1.82, 2.24) is 30.0 Å². The Bertz CT molecular complexity index is 1490. The Labute approximate surface area is 290 Å². The van der Waals surface area contributed by atoms with Gasteiger partial charge in [0, 0.05) is 63.5 Å². The van der Waals surface area contributed by atoms with E-state index in [0.29, 0.717) is 36.8 Å². The molecule has 0 unspecified atom stereocenters. The number of hydrogen-bond acceptors (Lipinski definition) is 8. The summed E-state index contributed by atoms with van der Waals surface area (Å²) in [6, 6.07) is 5.74. The first kappa shape index (κ1) is 40.2. The zero-order valence-corrected chi connectivity index (χ0v) is 28.1. The molecule has 0 aromatic carbocycles. The Hall–Kier alpha value is -4.25. The number of amides is 3. The molecule has 2 aromatic rings. The summed E-state index contributed by atoms with van der Waals surface area (Å²) in [6.07, 6.45) is 3.20. The molecule has 4 heterocycles. The molecule has 2 N–H and O–H groups in total. The largest absolute Gasteiger partial charge is 0.490 e. The van der Waals surface area contributed by atoms with E-state index in [4.69, 9.17) is 21.5 Å². The van der Waals surface area contributed by atoms with Crippen molar-refractivity contribution in [2.24, 2.45) is 11.8 Å². The molecule has 6 rings (SSSR count). The Morgan fingerprint density at radius 1 is 0.820 bits per heavy atom. The first-order chi connectivity index (χ1) is 23.5. The number of aromatic nitrogens is 2. The van der Waals surface area contributed by atoms with Gasteiger partial charge in [0.15, 0.2) is 0 Å². The number of carbonyl (C=O) groups excluding carboxylic acids is 4. The molecule has 2 aromatic heterocycles. The molecule has 50 heavy (non-hydrogen) atoms. The van der Waals surface area contributed by atoms with Crippen LogP contribution < -0.4 is 5.32 Å². The maximum absolute atomic E-state index is 12.8. The van der Waals surface area contributed by atoms with E-state index in [9.17, 15) is 41.1 Å². The number of alkyl halides is 3. The number of carbonyl (C=O) groups is 5. The van der Waals surface area contributed by atoms with E-state index in [-0.39, 0.29) is 40.8 Å². The fourth-order valence-electron chi connectivity index (χ4n) is 4.90. The quantitative estimate of drug-likeness (QED) is 0.257. The Balaban J connectivity index is 0.000000204. The zero-order valence-electron chi connectivity index (χ0n) is 27.3. The first-order valence-corrected chi connectivity index (χ1v) is 16.1. The predicted octanol–water partition coefficient (Wildman–Crippen LogP) is 3.75. The maximum Gasteiger partial charge on any atom is 0.490 e. The number of likely N-dealkylation sites (N-methyl/N-ethyl adjacent to an activating group) is 2. The average molecular weight is 733 g/mol. The van der Waals surface area contributed by atoms with Gasteiger partial charge in [-0.2, -0.15) is 22.0 Å². The summed E-state index contributed by atoms with van der Waals surface area (Å²) in [6.45, 7) is 2.59. The van der Waals surface area contributed by atoms with Crippen molar-refractivity contribution in [2.45, 2.75) is 56.8 Å². The Morgan fingerprint density at radius 2 is 1.28 bits per heavy atom. The molecule has 2 aliphatic carbocycles. The molecule has 0 radical (unpaired) electrons. The van der Waals surface area contributed by atoms with Crippen LogP contribution in [-0.2, 0) is 14.4 Å². The van der Waals surface area contributed by atoms with Gasteiger partial charge in [0.25, 0.3) is 11.8 Å². The van der Waals surface area contributed by atoms with Crippen molar-refractivity contribution in [3.63, 3.8) is 0 Å². The lowest BCUT2D eigenvalue weighted by atomic mass is 10.2. The van der Waals surface area contributed by atoms with Crippen LogP contribution in [0, 0.1) is 23.7 Å². The van der Waals surface area contributed by atoms with E-state index < -0.39 is 24.0 Å². The molecule has 2 saturated carbocycles. The van der Waals surface area contributed by atoms with E-state index in [1.165, 1.54) is 36.7 Å². The third-order valence-electron chi connectivity index (χ3n) is 8.25. The van der Waals surface area contributed by atoms with Crippen LogP contribution in [0.3, 0.4) is 0 Å². The third kappa shape index (κ3) is 12.6.